The number of rotatable bonds is 3. The van der Waals surface area contributed by atoms with Crippen LogP contribution in [0, 0.1) is 25.2 Å². The maximum atomic E-state index is 14.7. The fourth-order valence-electron chi connectivity index (χ4n) is 10.2. The Balaban J connectivity index is 1.33. The van der Waals surface area contributed by atoms with Crippen molar-refractivity contribution < 1.29 is 48.2 Å². The van der Waals surface area contributed by atoms with E-state index in [1.54, 1.807) is 12.1 Å². The van der Waals surface area contributed by atoms with Crippen molar-refractivity contribution in [1.82, 2.24) is 15.1 Å². The number of aromatic hydroxyl groups is 2. The van der Waals surface area contributed by atoms with E-state index in [4.69, 9.17) is 28.4 Å². The van der Waals surface area contributed by atoms with Crippen LogP contribution in [-0.4, -0.2) is 97.0 Å². The molecule has 14 nitrogen and oxygen atoms in total. The number of hydrogen-bond acceptors (Lipinski definition) is 15. The highest BCUT2D eigenvalue weighted by atomic mass is 32.2. The molecule has 0 saturated carbocycles. The summed E-state index contributed by atoms with van der Waals surface area (Å²) in [4.78, 5) is 32.0. The minimum absolute atomic E-state index is 0.0239. The zero-order valence-corrected chi connectivity index (χ0v) is 32.2. The summed E-state index contributed by atoms with van der Waals surface area (Å²) in [6.45, 7) is 5.28. The first kappa shape index (κ1) is 35.8. The molecule has 2 saturated heterocycles. The lowest BCUT2D eigenvalue weighted by atomic mass is 9.71. The van der Waals surface area contributed by atoms with Gasteiger partial charge in [0, 0.05) is 53.6 Å². The second-order valence-electron chi connectivity index (χ2n) is 15.1. The Hall–Kier alpha value is -4.88. The van der Waals surface area contributed by atoms with Gasteiger partial charge in [0.05, 0.1) is 37.6 Å². The first-order valence-electron chi connectivity index (χ1n) is 18.3. The third-order valence-corrected chi connectivity index (χ3v) is 13.9. The van der Waals surface area contributed by atoms with Crippen LogP contribution in [0.2, 0.25) is 0 Å². The first-order chi connectivity index (χ1) is 26.4. The summed E-state index contributed by atoms with van der Waals surface area (Å²) in [7, 11) is 4.99. The maximum Gasteiger partial charge on any atom is 0.331 e. The number of thioether (sulfide) groups is 1. The highest BCUT2D eigenvalue weighted by molar-refractivity contribution is 7.99. The molecule has 7 aliphatic heterocycles. The molecule has 1 spiro atoms. The lowest BCUT2D eigenvalue weighted by molar-refractivity contribution is -0.157. The predicted molar refractivity (Wildman–Crippen MR) is 198 cm³/mol. The molecule has 7 aliphatic rings. The molecule has 10 rings (SSSR count). The number of methoxy groups -OCH3 is 2. The standard InChI is InChI=1S/C40H42N4O10S/c1-17-9-21-10-23-24(13-41)44-25-14-51-39(48)40(22-12-27(49-5)26(46)11-20(22)7-8-42-40)15-55-38(32(44)31(43(23)4)28(21)33(47)34(17)50-6)30-29(25)37-36(52-16-53-37)18(2)35(30)54-19(3)45/h9,11-12,23-25,31-32,38,42,46-47H,7-8,10,14-16H2,1-6H3/t23-,24?,25+,31+,32?,38-,40-/m1/s1. The van der Waals surface area contributed by atoms with E-state index < -0.39 is 46.9 Å². The number of aryl methyl sites for hydroxylation is 1. The van der Waals surface area contributed by atoms with E-state index in [1.807, 2.05) is 27.0 Å². The van der Waals surface area contributed by atoms with E-state index in [0.717, 1.165) is 16.7 Å². The molecule has 288 valence electrons. The Kier molecular flexibility index (Phi) is 8.36. The lowest BCUT2D eigenvalue weighted by Crippen LogP contribution is -2.69. The van der Waals surface area contributed by atoms with Crippen molar-refractivity contribution in [3.63, 3.8) is 0 Å². The van der Waals surface area contributed by atoms with Gasteiger partial charge in [0.1, 0.15) is 18.4 Å². The third-order valence-electron chi connectivity index (χ3n) is 12.4. The average Bonchev–Trinajstić information content (AvgIpc) is 3.65. The molecule has 2 unspecified atom stereocenters. The van der Waals surface area contributed by atoms with Crippen molar-refractivity contribution in [2.75, 3.05) is 47.0 Å². The van der Waals surface area contributed by atoms with E-state index in [9.17, 15) is 25.1 Å². The van der Waals surface area contributed by atoms with Gasteiger partial charge in [-0.1, -0.05) is 6.07 Å². The van der Waals surface area contributed by atoms with Gasteiger partial charge in [0.2, 0.25) is 6.79 Å². The van der Waals surface area contributed by atoms with Crippen molar-refractivity contribution in [2.45, 2.75) is 74.6 Å². The maximum absolute atomic E-state index is 14.7. The Morgan fingerprint density at radius 2 is 1.84 bits per heavy atom. The normalized spacial score (nSPS) is 28.9. The van der Waals surface area contributed by atoms with E-state index in [2.05, 4.69) is 21.2 Å². The van der Waals surface area contributed by atoms with Crippen molar-refractivity contribution in [3.05, 3.63) is 62.7 Å². The molecule has 0 radical (unpaired) electrons. The molecule has 0 aromatic heterocycles. The molecule has 3 N–H and O–H groups in total. The van der Waals surface area contributed by atoms with E-state index >= 15 is 0 Å². The summed E-state index contributed by atoms with van der Waals surface area (Å²) >= 11 is 1.48. The largest absolute Gasteiger partial charge is 0.504 e. The summed E-state index contributed by atoms with van der Waals surface area (Å²) < 4.78 is 36.1. The molecule has 3 aromatic rings. The average molecular weight is 771 g/mol. The van der Waals surface area contributed by atoms with Crippen LogP contribution in [0.3, 0.4) is 0 Å². The second-order valence-corrected chi connectivity index (χ2v) is 16.2. The Morgan fingerprint density at radius 1 is 1.05 bits per heavy atom. The van der Waals surface area contributed by atoms with Crippen LogP contribution >= 0.6 is 11.8 Å². The third kappa shape index (κ3) is 4.90. The molecule has 4 bridgehead atoms. The van der Waals surface area contributed by atoms with Crippen LogP contribution in [0.5, 0.6) is 40.2 Å². The molecular formula is C40H42N4O10S. The summed E-state index contributed by atoms with van der Waals surface area (Å²) in [5, 5.41) is 36.9. The predicted octanol–water partition coefficient (Wildman–Crippen LogP) is 3.99. The van der Waals surface area contributed by atoms with Gasteiger partial charge in [-0.3, -0.25) is 19.9 Å². The Labute approximate surface area is 322 Å². The number of carbonyl (C=O) groups is 2. The van der Waals surface area contributed by atoms with Crippen molar-refractivity contribution in [3.8, 4) is 46.3 Å². The Bertz CT molecular complexity index is 2220. The SMILES string of the molecule is COc1cc2c(cc1O)CCN[C@]21CS[C@@H]2c3c(OC(C)=O)c(C)c4c(c3[C@H](COC1=O)N1C(C#N)[C@H]3Cc5cc(C)c(OC)c(O)c5[C@@H](C21)N3C)OCO4. The monoisotopic (exact) mass is 770 g/mol. The highest BCUT2D eigenvalue weighted by Crippen LogP contribution is 2.64. The number of carbonyl (C=O) groups excluding carboxylic acids is 2. The molecule has 3 aromatic carbocycles. The zero-order chi connectivity index (χ0) is 38.7. The summed E-state index contributed by atoms with van der Waals surface area (Å²) in [5.41, 5.74) is 4.41. The number of nitrogens with one attached hydrogen (secondary N) is 1. The van der Waals surface area contributed by atoms with Crippen LogP contribution in [0.15, 0.2) is 18.2 Å². The van der Waals surface area contributed by atoms with Gasteiger partial charge >= 0.3 is 11.9 Å². The molecule has 7 atom stereocenters. The van der Waals surface area contributed by atoms with Crippen molar-refractivity contribution in [1.29, 1.82) is 5.26 Å². The van der Waals surface area contributed by atoms with Crippen LogP contribution in [0.1, 0.15) is 68.8 Å². The van der Waals surface area contributed by atoms with Crippen LogP contribution < -0.4 is 29.0 Å². The number of benzene rings is 3. The molecule has 0 aliphatic carbocycles. The van der Waals surface area contributed by atoms with Crippen LogP contribution in [0.4, 0.5) is 0 Å². The number of piperazine rings is 1. The van der Waals surface area contributed by atoms with E-state index in [-0.39, 0.29) is 42.4 Å². The number of hydrogen-bond donors (Lipinski definition) is 3. The number of nitriles is 1. The minimum atomic E-state index is -1.36. The van der Waals surface area contributed by atoms with Crippen molar-refractivity contribution in [2.24, 2.45) is 0 Å². The van der Waals surface area contributed by atoms with Crippen LogP contribution in [0.25, 0.3) is 0 Å². The number of esters is 2. The quantitative estimate of drug-likeness (QED) is 0.258. The van der Waals surface area contributed by atoms with E-state index in [1.165, 1.54) is 32.9 Å². The lowest BCUT2D eigenvalue weighted by Gasteiger charge is -2.62. The summed E-state index contributed by atoms with van der Waals surface area (Å²) in [5.74, 6) is 0.973. The van der Waals surface area contributed by atoms with Gasteiger partial charge in [-0.25, -0.2) is 4.79 Å². The summed E-state index contributed by atoms with van der Waals surface area (Å²) in [6.07, 6.45) is 1.05. The fraction of sp³-hybridized carbons (Fsp3) is 0.475. The smallest absolute Gasteiger partial charge is 0.331 e. The number of ether oxygens (including phenoxy) is 6. The highest BCUT2D eigenvalue weighted by Gasteiger charge is 2.62. The van der Waals surface area contributed by atoms with Gasteiger partial charge in [-0.05, 0) is 68.1 Å². The van der Waals surface area contributed by atoms with Gasteiger partial charge < -0.3 is 38.6 Å². The number of phenolic OH excluding ortho intramolecular Hbond substituents is 2. The molecule has 15 heteroatoms. The number of nitrogens with zero attached hydrogens (tertiary/aromatic N) is 3. The fourth-order valence-corrected chi connectivity index (χ4v) is 11.9. The van der Waals surface area contributed by atoms with Gasteiger partial charge in [0.25, 0.3) is 0 Å². The number of fused-ring (bicyclic) bond motifs is 9. The molecular weight excluding hydrogens is 729 g/mol. The zero-order valence-electron chi connectivity index (χ0n) is 31.3. The molecule has 2 fully saturated rings. The van der Waals surface area contributed by atoms with Crippen molar-refractivity contribution >= 4 is 23.7 Å². The van der Waals surface area contributed by atoms with Gasteiger partial charge in [0.15, 0.2) is 40.0 Å². The van der Waals surface area contributed by atoms with Gasteiger partial charge in [-0.15, -0.1) is 11.8 Å². The number of likely N-dealkylation sites (N-methyl/N-ethyl adjacent to an activating group) is 1. The van der Waals surface area contributed by atoms with Gasteiger partial charge in [-0.2, -0.15) is 5.26 Å². The minimum Gasteiger partial charge on any atom is -0.504 e. The number of phenols is 2. The van der Waals surface area contributed by atoms with E-state index in [0.29, 0.717) is 70.2 Å². The molecule has 7 heterocycles. The topological polar surface area (TPSA) is 172 Å². The summed E-state index contributed by atoms with van der Waals surface area (Å²) in [6, 6.07) is 5.28. The first-order valence-corrected chi connectivity index (χ1v) is 19.4. The van der Waals surface area contributed by atoms with Crippen LogP contribution in [-0.2, 0) is 32.7 Å². The Morgan fingerprint density at radius 3 is 2.56 bits per heavy atom. The molecule has 55 heavy (non-hydrogen) atoms. The molecule has 0 amide bonds. The second kappa shape index (κ2) is 12.8.